The molecule has 0 amide bonds. The van der Waals surface area contributed by atoms with Crippen molar-refractivity contribution >= 4 is 23.9 Å². The molecule has 2 aromatic rings. The van der Waals surface area contributed by atoms with E-state index in [9.17, 15) is 18.4 Å². The Kier molecular flexibility index (Phi) is 6.40. The zero-order valence-electron chi connectivity index (χ0n) is 15.3. The SMILES string of the molecule is CC(C)(C)OC(=O)C=Cc1ccc(C=CC(=O)c2ccc(F)c(F)c2)cc1. The highest BCUT2D eigenvalue weighted by Crippen LogP contribution is 2.13. The second-order valence-corrected chi connectivity index (χ2v) is 6.86. The third kappa shape index (κ3) is 6.62. The van der Waals surface area contributed by atoms with Gasteiger partial charge in [0.1, 0.15) is 5.60 Å². The minimum atomic E-state index is -1.06. The summed E-state index contributed by atoms with van der Waals surface area (Å²) in [6.07, 6.45) is 5.85. The van der Waals surface area contributed by atoms with Gasteiger partial charge in [0.2, 0.25) is 0 Å². The van der Waals surface area contributed by atoms with Crippen LogP contribution >= 0.6 is 0 Å². The fraction of sp³-hybridized carbons (Fsp3) is 0.182. The van der Waals surface area contributed by atoms with E-state index in [0.29, 0.717) is 0 Å². The second kappa shape index (κ2) is 8.54. The molecule has 140 valence electrons. The third-order valence-electron chi connectivity index (χ3n) is 3.39. The number of hydrogen-bond donors (Lipinski definition) is 0. The lowest BCUT2D eigenvalue weighted by molar-refractivity contribution is -0.148. The van der Waals surface area contributed by atoms with E-state index >= 15 is 0 Å². The predicted molar refractivity (Wildman–Crippen MR) is 101 cm³/mol. The molecule has 0 aromatic heterocycles. The molecule has 0 saturated heterocycles. The van der Waals surface area contributed by atoms with Gasteiger partial charge in [-0.1, -0.05) is 30.3 Å². The summed E-state index contributed by atoms with van der Waals surface area (Å²) < 4.78 is 31.3. The van der Waals surface area contributed by atoms with E-state index in [0.717, 1.165) is 23.3 Å². The molecule has 5 heteroatoms. The van der Waals surface area contributed by atoms with Gasteiger partial charge in [-0.2, -0.15) is 0 Å². The van der Waals surface area contributed by atoms with Crippen LogP contribution in [0.5, 0.6) is 0 Å². The molecule has 27 heavy (non-hydrogen) atoms. The molecule has 0 aliphatic heterocycles. The van der Waals surface area contributed by atoms with Gasteiger partial charge in [0, 0.05) is 11.6 Å². The van der Waals surface area contributed by atoms with Crippen LogP contribution in [-0.4, -0.2) is 17.4 Å². The number of ketones is 1. The van der Waals surface area contributed by atoms with Crippen LogP contribution < -0.4 is 0 Å². The highest BCUT2D eigenvalue weighted by atomic mass is 19.2. The number of hydrogen-bond acceptors (Lipinski definition) is 3. The van der Waals surface area contributed by atoms with Gasteiger partial charge in [0.25, 0.3) is 0 Å². The molecule has 0 bridgehead atoms. The molecule has 0 radical (unpaired) electrons. The summed E-state index contributed by atoms with van der Waals surface area (Å²) in [5.74, 6) is -2.91. The minimum Gasteiger partial charge on any atom is -0.457 e. The van der Waals surface area contributed by atoms with Crippen molar-refractivity contribution in [3.05, 3.63) is 82.9 Å². The number of halogens is 2. The standard InChI is InChI=1S/C22H20F2O3/c1-22(2,3)27-21(26)13-9-16-6-4-15(5-7-16)8-12-20(25)17-10-11-18(23)19(24)14-17/h4-14H,1-3H3. The number of carbonyl (C=O) groups excluding carboxylic acids is 2. The molecule has 0 atom stereocenters. The molecule has 0 heterocycles. The summed E-state index contributed by atoms with van der Waals surface area (Å²) in [6, 6.07) is 10.1. The van der Waals surface area contributed by atoms with Crippen LogP contribution in [0.25, 0.3) is 12.2 Å². The molecule has 0 unspecified atom stereocenters. The first-order chi connectivity index (χ1) is 12.6. The maximum Gasteiger partial charge on any atom is 0.331 e. The Bertz CT molecular complexity index is 889. The van der Waals surface area contributed by atoms with Crippen LogP contribution in [0, 0.1) is 11.6 Å². The van der Waals surface area contributed by atoms with Crippen LogP contribution in [0.4, 0.5) is 8.78 Å². The molecule has 0 saturated carbocycles. The van der Waals surface area contributed by atoms with Crippen molar-refractivity contribution in [1.82, 2.24) is 0 Å². The maximum atomic E-state index is 13.2. The summed E-state index contributed by atoms with van der Waals surface area (Å²) in [5, 5.41) is 0. The number of esters is 1. The van der Waals surface area contributed by atoms with Crippen LogP contribution in [0.15, 0.2) is 54.6 Å². The summed E-state index contributed by atoms with van der Waals surface area (Å²) in [4.78, 5) is 23.6. The lowest BCUT2D eigenvalue weighted by Crippen LogP contribution is -2.22. The Morgan fingerprint density at radius 1 is 0.852 bits per heavy atom. The fourth-order valence-corrected chi connectivity index (χ4v) is 2.14. The van der Waals surface area contributed by atoms with E-state index in [4.69, 9.17) is 4.74 Å². The van der Waals surface area contributed by atoms with Gasteiger partial charge in [0.15, 0.2) is 17.4 Å². The molecule has 0 aliphatic rings. The van der Waals surface area contributed by atoms with Crippen molar-refractivity contribution in [2.75, 3.05) is 0 Å². The van der Waals surface area contributed by atoms with E-state index in [2.05, 4.69) is 0 Å². The monoisotopic (exact) mass is 370 g/mol. The normalized spacial score (nSPS) is 11.9. The van der Waals surface area contributed by atoms with Crippen molar-refractivity contribution in [1.29, 1.82) is 0 Å². The minimum absolute atomic E-state index is 0.0714. The maximum absolute atomic E-state index is 13.2. The predicted octanol–water partition coefficient (Wildman–Crippen LogP) is 5.22. The van der Waals surface area contributed by atoms with Crippen LogP contribution in [0.3, 0.4) is 0 Å². The zero-order chi connectivity index (χ0) is 20.0. The molecule has 0 fully saturated rings. The topological polar surface area (TPSA) is 43.4 Å². The summed E-state index contributed by atoms with van der Waals surface area (Å²) in [5.41, 5.74) is 1.07. The number of carbonyl (C=O) groups is 2. The second-order valence-electron chi connectivity index (χ2n) is 6.86. The molecule has 0 N–H and O–H groups in total. The Labute approximate surface area is 157 Å². The average Bonchev–Trinajstić information content (AvgIpc) is 2.59. The van der Waals surface area contributed by atoms with Crippen LogP contribution in [0.2, 0.25) is 0 Å². The molecule has 2 rings (SSSR count). The quantitative estimate of drug-likeness (QED) is 0.412. The summed E-state index contributed by atoms with van der Waals surface area (Å²) in [6.45, 7) is 5.38. The van der Waals surface area contributed by atoms with E-state index in [1.54, 1.807) is 57.2 Å². The number of rotatable bonds is 5. The zero-order valence-corrected chi connectivity index (χ0v) is 15.3. The highest BCUT2D eigenvalue weighted by Gasteiger charge is 2.13. The highest BCUT2D eigenvalue weighted by molar-refractivity contribution is 6.06. The Balaban J connectivity index is 2.00. The van der Waals surface area contributed by atoms with Crippen molar-refractivity contribution < 1.29 is 23.1 Å². The Hall–Kier alpha value is -3.08. The molecule has 2 aromatic carbocycles. The van der Waals surface area contributed by atoms with E-state index in [-0.39, 0.29) is 5.56 Å². The van der Waals surface area contributed by atoms with E-state index < -0.39 is 29.0 Å². The third-order valence-corrected chi connectivity index (χ3v) is 3.39. The van der Waals surface area contributed by atoms with E-state index in [1.165, 1.54) is 18.2 Å². The molecular weight excluding hydrogens is 350 g/mol. The Morgan fingerprint density at radius 2 is 1.41 bits per heavy atom. The molecule has 3 nitrogen and oxygen atoms in total. The molecular formula is C22H20F2O3. The fourth-order valence-electron chi connectivity index (χ4n) is 2.14. The van der Waals surface area contributed by atoms with Crippen LogP contribution in [0.1, 0.15) is 42.3 Å². The lowest BCUT2D eigenvalue weighted by Gasteiger charge is -2.17. The number of benzene rings is 2. The first-order valence-electron chi connectivity index (χ1n) is 8.33. The van der Waals surface area contributed by atoms with Gasteiger partial charge in [0.05, 0.1) is 0 Å². The van der Waals surface area contributed by atoms with Gasteiger partial charge >= 0.3 is 5.97 Å². The number of allylic oxidation sites excluding steroid dienone is 1. The van der Waals surface area contributed by atoms with Crippen molar-refractivity contribution in [2.24, 2.45) is 0 Å². The smallest absolute Gasteiger partial charge is 0.331 e. The van der Waals surface area contributed by atoms with Gasteiger partial charge in [-0.3, -0.25) is 4.79 Å². The first-order valence-corrected chi connectivity index (χ1v) is 8.33. The first kappa shape index (κ1) is 20.2. The van der Waals surface area contributed by atoms with Crippen LogP contribution in [-0.2, 0) is 9.53 Å². The van der Waals surface area contributed by atoms with E-state index in [1.807, 2.05) is 0 Å². The number of ether oxygens (including phenoxy) is 1. The largest absolute Gasteiger partial charge is 0.457 e. The molecule has 0 aliphatic carbocycles. The van der Waals surface area contributed by atoms with Gasteiger partial charge in [-0.05, 0) is 62.2 Å². The summed E-state index contributed by atoms with van der Waals surface area (Å²) in [7, 11) is 0. The summed E-state index contributed by atoms with van der Waals surface area (Å²) >= 11 is 0. The van der Waals surface area contributed by atoms with Crippen molar-refractivity contribution in [2.45, 2.75) is 26.4 Å². The lowest BCUT2D eigenvalue weighted by atomic mass is 10.1. The van der Waals surface area contributed by atoms with Gasteiger partial charge < -0.3 is 4.74 Å². The Morgan fingerprint density at radius 3 is 1.93 bits per heavy atom. The van der Waals surface area contributed by atoms with Crippen molar-refractivity contribution in [3.63, 3.8) is 0 Å². The average molecular weight is 370 g/mol. The molecule has 0 spiro atoms. The van der Waals surface area contributed by atoms with Gasteiger partial charge in [-0.25, -0.2) is 13.6 Å². The van der Waals surface area contributed by atoms with Gasteiger partial charge in [-0.15, -0.1) is 0 Å². The van der Waals surface area contributed by atoms with Crippen molar-refractivity contribution in [3.8, 4) is 0 Å².